The summed E-state index contributed by atoms with van der Waals surface area (Å²) in [5, 5.41) is 5.03. The molecule has 0 saturated heterocycles. The Labute approximate surface area is 152 Å². The number of anilines is 1. The number of benzene rings is 2. The summed E-state index contributed by atoms with van der Waals surface area (Å²) in [4.78, 5) is 13.4. The maximum Gasteiger partial charge on any atom is 0.227 e. The number of hydrogen-bond donors (Lipinski definition) is 1. The minimum atomic E-state index is -0.0478. The lowest BCUT2D eigenvalue weighted by Gasteiger charge is -2.11. The van der Waals surface area contributed by atoms with Crippen LogP contribution in [-0.2, 0) is 4.79 Å². The number of carbonyl (C=O) groups is 1. The van der Waals surface area contributed by atoms with Gasteiger partial charge in [-0.25, -0.2) is 0 Å². The van der Waals surface area contributed by atoms with Gasteiger partial charge in [-0.3, -0.25) is 4.79 Å². The van der Waals surface area contributed by atoms with E-state index >= 15 is 0 Å². The van der Waals surface area contributed by atoms with E-state index in [1.807, 2.05) is 61.7 Å². The molecular formula is C21H21NO2S. The third-order valence-corrected chi connectivity index (χ3v) is 4.68. The molecule has 0 aliphatic heterocycles. The zero-order valence-corrected chi connectivity index (χ0v) is 15.2. The van der Waals surface area contributed by atoms with Gasteiger partial charge in [-0.05, 0) is 54.6 Å². The maximum absolute atomic E-state index is 12.3. The molecule has 3 nitrogen and oxygen atoms in total. The topological polar surface area (TPSA) is 38.3 Å². The number of carbonyl (C=O) groups excluding carboxylic acids is 1. The molecule has 128 valence electrons. The maximum atomic E-state index is 12.3. The molecule has 3 aromatic rings. The largest absolute Gasteiger partial charge is 0.493 e. The summed E-state index contributed by atoms with van der Waals surface area (Å²) in [6, 6.07) is 18.0. The lowest BCUT2D eigenvalue weighted by Crippen LogP contribution is -2.15. The van der Waals surface area contributed by atoms with Crippen LogP contribution in [0.3, 0.4) is 0 Å². The second-order valence-corrected chi connectivity index (χ2v) is 6.94. The van der Waals surface area contributed by atoms with E-state index in [4.69, 9.17) is 4.74 Å². The number of rotatable bonds is 6. The first kappa shape index (κ1) is 17.2. The highest BCUT2D eigenvalue weighted by Crippen LogP contribution is 2.31. The van der Waals surface area contributed by atoms with Gasteiger partial charge in [-0.1, -0.05) is 30.3 Å². The minimum absolute atomic E-state index is 0.0478. The Morgan fingerprint density at radius 1 is 1.04 bits per heavy atom. The first-order chi connectivity index (χ1) is 12.1. The van der Waals surface area contributed by atoms with Crippen molar-refractivity contribution < 1.29 is 9.53 Å². The van der Waals surface area contributed by atoms with Crippen LogP contribution >= 0.6 is 11.3 Å². The van der Waals surface area contributed by atoms with E-state index < -0.39 is 0 Å². The SMILES string of the molecule is Cc1cc(C)cc(OCCC(=O)Nc2ccccc2-c2cccs2)c1. The summed E-state index contributed by atoms with van der Waals surface area (Å²) < 4.78 is 5.72. The van der Waals surface area contributed by atoms with Crippen LogP contribution in [-0.4, -0.2) is 12.5 Å². The first-order valence-corrected chi connectivity index (χ1v) is 9.13. The van der Waals surface area contributed by atoms with E-state index in [0.717, 1.165) is 33.0 Å². The Bertz CT molecular complexity index is 836. The summed E-state index contributed by atoms with van der Waals surface area (Å²) in [5.41, 5.74) is 4.19. The van der Waals surface area contributed by atoms with Gasteiger partial charge in [-0.15, -0.1) is 11.3 Å². The van der Waals surface area contributed by atoms with E-state index in [2.05, 4.69) is 17.4 Å². The molecule has 4 heteroatoms. The summed E-state index contributed by atoms with van der Waals surface area (Å²) in [7, 11) is 0. The molecule has 0 aliphatic rings. The van der Waals surface area contributed by atoms with Gasteiger partial charge in [0.05, 0.1) is 13.0 Å². The standard InChI is InChI=1S/C21H21NO2S/c1-15-12-16(2)14-17(13-15)24-10-9-21(23)22-19-7-4-3-6-18(19)20-8-5-11-25-20/h3-8,11-14H,9-10H2,1-2H3,(H,22,23). The average molecular weight is 351 g/mol. The Morgan fingerprint density at radius 2 is 1.80 bits per heavy atom. The molecule has 0 saturated carbocycles. The number of thiophene rings is 1. The molecule has 2 aromatic carbocycles. The van der Waals surface area contributed by atoms with Crippen LogP contribution in [0.5, 0.6) is 5.75 Å². The van der Waals surface area contributed by atoms with Crippen molar-refractivity contribution in [2.75, 3.05) is 11.9 Å². The zero-order chi connectivity index (χ0) is 17.6. The molecule has 0 unspecified atom stereocenters. The third kappa shape index (κ3) is 4.70. The van der Waals surface area contributed by atoms with E-state index in [9.17, 15) is 4.79 Å². The van der Waals surface area contributed by atoms with Gasteiger partial charge in [0.25, 0.3) is 0 Å². The fraction of sp³-hybridized carbons (Fsp3) is 0.190. The van der Waals surface area contributed by atoms with Gasteiger partial charge in [0, 0.05) is 16.1 Å². The van der Waals surface area contributed by atoms with Gasteiger partial charge in [0.15, 0.2) is 0 Å². The van der Waals surface area contributed by atoms with Crippen molar-refractivity contribution >= 4 is 22.9 Å². The van der Waals surface area contributed by atoms with Crippen molar-refractivity contribution in [3.05, 3.63) is 71.1 Å². The molecule has 0 aliphatic carbocycles. The van der Waals surface area contributed by atoms with Crippen molar-refractivity contribution in [3.63, 3.8) is 0 Å². The molecule has 25 heavy (non-hydrogen) atoms. The number of amides is 1. The molecule has 1 N–H and O–H groups in total. The summed E-state index contributed by atoms with van der Waals surface area (Å²) in [5.74, 6) is 0.762. The Morgan fingerprint density at radius 3 is 2.52 bits per heavy atom. The molecule has 1 aromatic heterocycles. The van der Waals surface area contributed by atoms with Gasteiger partial charge in [0.1, 0.15) is 5.75 Å². The van der Waals surface area contributed by atoms with Crippen LogP contribution in [0.2, 0.25) is 0 Å². The van der Waals surface area contributed by atoms with Crippen LogP contribution in [0.25, 0.3) is 10.4 Å². The van der Waals surface area contributed by atoms with Gasteiger partial charge < -0.3 is 10.1 Å². The molecule has 0 radical (unpaired) electrons. The van der Waals surface area contributed by atoms with Crippen LogP contribution in [0.15, 0.2) is 60.0 Å². The number of hydrogen-bond acceptors (Lipinski definition) is 3. The summed E-state index contributed by atoms with van der Waals surface area (Å²) >= 11 is 1.66. The molecule has 0 spiro atoms. The normalized spacial score (nSPS) is 10.5. The van der Waals surface area contributed by atoms with Crippen molar-refractivity contribution in [1.82, 2.24) is 0 Å². The summed E-state index contributed by atoms with van der Waals surface area (Å²) in [6.45, 7) is 4.43. The van der Waals surface area contributed by atoms with E-state index in [0.29, 0.717) is 13.0 Å². The summed E-state index contributed by atoms with van der Waals surface area (Å²) in [6.07, 6.45) is 0.311. The minimum Gasteiger partial charge on any atom is -0.493 e. The number of nitrogens with one attached hydrogen (secondary N) is 1. The highest BCUT2D eigenvalue weighted by atomic mass is 32.1. The lowest BCUT2D eigenvalue weighted by atomic mass is 10.1. The predicted octanol–water partition coefficient (Wildman–Crippen LogP) is 5.44. The Balaban J connectivity index is 1.58. The van der Waals surface area contributed by atoms with Gasteiger partial charge in [0.2, 0.25) is 5.91 Å². The molecule has 3 rings (SSSR count). The fourth-order valence-corrected chi connectivity index (χ4v) is 3.50. The molecule has 1 heterocycles. The number of ether oxygens (including phenoxy) is 1. The molecular weight excluding hydrogens is 330 g/mol. The Hall–Kier alpha value is -2.59. The third-order valence-electron chi connectivity index (χ3n) is 3.78. The average Bonchev–Trinajstić information content (AvgIpc) is 3.09. The first-order valence-electron chi connectivity index (χ1n) is 8.26. The van der Waals surface area contributed by atoms with Crippen LogP contribution in [0.1, 0.15) is 17.5 Å². The van der Waals surface area contributed by atoms with Crippen LogP contribution in [0.4, 0.5) is 5.69 Å². The van der Waals surface area contributed by atoms with Crippen LogP contribution in [0, 0.1) is 13.8 Å². The highest BCUT2D eigenvalue weighted by Gasteiger charge is 2.09. The van der Waals surface area contributed by atoms with E-state index in [1.54, 1.807) is 11.3 Å². The van der Waals surface area contributed by atoms with Gasteiger partial charge in [-0.2, -0.15) is 0 Å². The molecule has 1 amide bonds. The second kappa shape index (κ2) is 7.99. The predicted molar refractivity (Wildman–Crippen MR) is 104 cm³/mol. The highest BCUT2D eigenvalue weighted by molar-refractivity contribution is 7.13. The molecule has 0 atom stereocenters. The lowest BCUT2D eigenvalue weighted by molar-refractivity contribution is -0.116. The molecule has 0 bridgehead atoms. The van der Waals surface area contributed by atoms with Crippen molar-refractivity contribution in [3.8, 4) is 16.2 Å². The monoisotopic (exact) mass is 351 g/mol. The van der Waals surface area contributed by atoms with E-state index in [-0.39, 0.29) is 5.91 Å². The zero-order valence-electron chi connectivity index (χ0n) is 14.4. The van der Waals surface area contributed by atoms with Crippen molar-refractivity contribution in [2.45, 2.75) is 20.3 Å². The van der Waals surface area contributed by atoms with Crippen LogP contribution < -0.4 is 10.1 Å². The van der Waals surface area contributed by atoms with Gasteiger partial charge >= 0.3 is 0 Å². The smallest absolute Gasteiger partial charge is 0.227 e. The van der Waals surface area contributed by atoms with Crippen molar-refractivity contribution in [2.24, 2.45) is 0 Å². The second-order valence-electron chi connectivity index (χ2n) is 5.99. The molecule has 0 fully saturated rings. The fourth-order valence-electron chi connectivity index (χ4n) is 2.73. The van der Waals surface area contributed by atoms with Crippen molar-refractivity contribution in [1.29, 1.82) is 0 Å². The quantitative estimate of drug-likeness (QED) is 0.642. The van der Waals surface area contributed by atoms with E-state index in [1.165, 1.54) is 0 Å². The Kier molecular flexibility index (Phi) is 5.51. The number of para-hydroxylation sites is 1. The number of aryl methyl sites for hydroxylation is 2.